The van der Waals surface area contributed by atoms with E-state index in [-0.39, 0.29) is 5.56 Å². The molecule has 0 spiro atoms. The van der Waals surface area contributed by atoms with Gasteiger partial charge in [0.25, 0.3) is 5.56 Å². The first-order chi connectivity index (χ1) is 5.65. The molecule has 0 radical (unpaired) electrons. The second-order valence-electron chi connectivity index (χ2n) is 2.06. The van der Waals surface area contributed by atoms with Gasteiger partial charge in [0.2, 0.25) is 5.88 Å². The highest BCUT2D eigenvalue weighted by atomic mass is 16.3. The van der Waals surface area contributed by atoms with Crippen LogP contribution >= 0.6 is 0 Å². The van der Waals surface area contributed by atoms with Gasteiger partial charge in [0.15, 0.2) is 0 Å². The number of hydrogen-bond acceptors (Lipinski definition) is 4. The van der Waals surface area contributed by atoms with Crippen molar-refractivity contribution in [3.05, 3.63) is 26.4 Å². The Balaban J connectivity index is 3.49. The number of nitrogens with zero attached hydrogens (tertiary/aromatic N) is 1. The quantitative estimate of drug-likeness (QED) is 0.461. The van der Waals surface area contributed by atoms with Gasteiger partial charge in [-0.25, -0.2) is 4.79 Å². The molecule has 1 aromatic rings. The summed E-state index contributed by atoms with van der Waals surface area (Å²) in [5.41, 5.74) is -1.47. The molecule has 0 saturated carbocycles. The molecule has 64 valence electrons. The fourth-order valence-corrected chi connectivity index (χ4v) is 0.733. The van der Waals surface area contributed by atoms with Crippen LogP contribution in [0.3, 0.4) is 0 Å². The van der Waals surface area contributed by atoms with E-state index in [4.69, 9.17) is 5.11 Å². The third-order valence-corrected chi connectivity index (χ3v) is 1.22. The van der Waals surface area contributed by atoms with Crippen LogP contribution in [0.5, 0.6) is 5.88 Å². The summed E-state index contributed by atoms with van der Waals surface area (Å²) in [6, 6.07) is 0. The Labute approximate surface area is 66.6 Å². The Morgan fingerprint density at radius 3 is 2.58 bits per heavy atom. The number of aromatic nitrogens is 2. The molecule has 0 atom stereocenters. The van der Waals surface area contributed by atoms with Crippen molar-refractivity contribution < 1.29 is 5.11 Å². The van der Waals surface area contributed by atoms with Crippen molar-refractivity contribution in [2.75, 3.05) is 7.05 Å². The van der Waals surface area contributed by atoms with E-state index in [9.17, 15) is 9.59 Å². The van der Waals surface area contributed by atoms with E-state index in [1.54, 1.807) is 0 Å². The number of aromatic hydroxyl groups is 1. The van der Waals surface area contributed by atoms with Crippen LogP contribution in [0, 0.1) is 0 Å². The Bertz CT molecular complexity index is 415. The molecule has 1 heterocycles. The molecule has 0 aromatic carbocycles. The van der Waals surface area contributed by atoms with Gasteiger partial charge >= 0.3 is 5.69 Å². The second kappa shape index (κ2) is 3.04. The normalized spacial score (nSPS) is 10.8. The van der Waals surface area contributed by atoms with Gasteiger partial charge < -0.3 is 5.11 Å². The first-order valence-electron chi connectivity index (χ1n) is 3.13. The lowest BCUT2D eigenvalue weighted by atomic mass is 10.3. The van der Waals surface area contributed by atoms with Gasteiger partial charge in [-0.05, 0) is 0 Å². The largest absolute Gasteiger partial charge is 0.494 e. The van der Waals surface area contributed by atoms with Gasteiger partial charge in [-0.15, -0.1) is 0 Å². The molecule has 0 aliphatic carbocycles. The third-order valence-electron chi connectivity index (χ3n) is 1.22. The molecule has 0 aliphatic heterocycles. The van der Waals surface area contributed by atoms with Gasteiger partial charge in [0.1, 0.15) is 5.56 Å². The van der Waals surface area contributed by atoms with Gasteiger partial charge in [0, 0.05) is 13.3 Å². The molecule has 3 N–H and O–H groups in total. The average Bonchev–Trinajstić information content (AvgIpc) is 1.96. The molecule has 0 unspecified atom stereocenters. The minimum Gasteiger partial charge on any atom is -0.494 e. The third kappa shape index (κ3) is 1.42. The zero-order valence-electron chi connectivity index (χ0n) is 6.29. The fraction of sp³-hybridized carbons (Fsp3) is 0.167. The molecule has 6 heteroatoms. The predicted molar refractivity (Wildman–Crippen MR) is 42.9 cm³/mol. The van der Waals surface area contributed by atoms with E-state index in [2.05, 4.69) is 4.99 Å². The lowest BCUT2D eigenvalue weighted by Gasteiger charge is -1.93. The van der Waals surface area contributed by atoms with Crippen molar-refractivity contribution >= 4 is 6.21 Å². The maximum Gasteiger partial charge on any atom is 0.328 e. The zero-order valence-corrected chi connectivity index (χ0v) is 6.29. The summed E-state index contributed by atoms with van der Waals surface area (Å²) in [6.07, 6.45) is 1.16. The Kier molecular flexibility index (Phi) is 2.09. The molecule has 0 fully saturated rings. The SMILES string of the molecule is CN=Cc1c(O)[nH]c(=O)[nH]c1=O. The van der Waals surface area contributed by atoms with Crippen molar-refractivity contribution in [3.63, 3.8) is 0 Å². The standard InChI is InChI=1S/C6H7N3O3/c1-7-2-3-4(10)8-6(12)9-5(3)11/h2H,1H3,(H3,8,9,10,11,12). The van der Waals surface area contributed by atoms with E-state index >= 15 is 0 Å². The van der Waals surface area contributed by atoms with Crippen LogP contribution in [0.15, 0.2) is 14.6 Å². The minimum absolute atomic E-state index is 0.0582. The summed E-state index contributed by atoms with van der Waals surface area (Å²) in [4.78, 5) is 29.0. The van der Waals surface area contributed by atoms with E-state index in [0.717, 1.165) is 6.21 Å². The van der Waals surface area contributed by atoms with Crippen LogP contribution < -0.4 is 11.2 Å². The summed E-state index contributed by atoms with van der Waals surface area (Å²) in [5.74, 6) is -0.477. The van der Waals surface area contributed by atoms with Crippen LogP contribution in [0.25, 0.3) is 0 Å². The van der Waals surface area contributed by atoms with Crippen LogP contribution in [0.4, 0.5) is 0 Å². The average molecular weight is 169 g/mol. The summed E-state index contributed by atoms with van der Waals surface area (Å²) >= 11 is 0. The van der Waals surface area contributed by atoms with Gasteiger partial charge in [-0.3, -0.25) is 19.8 Å². The summed E-state index contributed by atoms with van der Waals surface area (Å²) < 4.78 is 0. The Hall–Kier alpha value is -1.85. The number of hydrogen-bond donors (Lipinski definition) is 3. The molecule has 12 heavy (non-hydrogen) atoms. The number of nitrogens with one attached hydrogen (secondary N) is 2. The van der Waals surface area contributed by atoms with Crippen molar-refractivity contribution in [1.82, 2.24) is 9.97 Å². The highest BCUT2D eigenvalue weighted by molar-refractivity contribution is 5.81. The lowest BCUT2D eigenvalue weighted by molar-refractivity contribution is 0.447. The lowest BCUT2D eigenvalue weighted by Crippen LogP contribution is -2.24. The topological polar surface area (TPSA) is 98.3 Å². The smallest absolute Gasteiger partial charge is 0.328 e. The van der Waals surface area contributed by atoms with Gasteiger partial charge in [0.05, 0.1) is 0 Å². The van der Waals surface area contributed by atoms with Crippen molar-refractivity contribution in [2.24, 2.45) is 4.99 Å². The monoisotopic (exact) mass is 169 g/mol. The Morgan fingerprint density at radius 2 is 2.08 bits per heavy atom. The molecular weight excluding hydrogens is 162 g/mol. The van der Waals surface area contributed by atoms with Crippen LogP contribution in [-0.2, 0) is 0 Å². The molecule has 6 nitrogen and oxygen atoms in total. The number of H-pyrrole nitrogens is 2. The minimum atomic E-state index is -0.745. The fourth-order valence-electron chi connectivity index (χ4n) is 0.733. The highest BCUT2D eigenvalue weighted by Crippen LogP contribution is 1.99. The van der Waals surface area contributed by atoms with Crippen molar-refractivity contribution in [1.29, 1.82) is 0 Å². The second-order valence-corrected chi connectivity index (χ2v) is 2.06. The maximum atomic E-state index is 10.9. The Morgan fingerprint density at radius 1 is 1.42 bits per heavy atom. The molecule has 0 aliphatic rings. The van der Waals surface area contributed by atoms with E-state index < -0.39 is 17.1 Å². The maximum absolute atomic E-state index is 10.9. The van der Waals surface area contributed by atoms with Crippen LogP contribution in [0.1, 0.15) is 5.56 Å². The van der Waals surface area contributed by atoms with Gasteiger partial charge in [-0.1, -0.05) is 0 Å². The van der Waals surface area contributed by atoms with E-state index in [1.807, 2.05) is 9.97 Å². The van der Waals surface area contributed by atoms with Crippen LogP contribution in [-0.4, -0.2) is 28.3 Å². The first-order valence-corrected chi connectivity index (χ1v) is 3.13. The molecule has 0 amide bonds. The molecule has 1 rings (SSSR count). The van der Waals surface area contributed by atoms with Crippen molar-refractivity contribution in [3.8, 4) is 5.88 Å². The number of aromatic amines is 2. The van der Waals surface area contributed by atoms with Crippen molar-refractivity contribution in [2.45, 2.75) is 0 Å². The predicted octanol–water partition coefficient (Wildman–Crippen LogP) is -1.18. The molecular formula is C6H7N3O3. The summed E-state index contributed by atoms with van der Waals surface area (Å²) in [6.45, 7) is 0. The zero-order chi connectivity index (χ0) is 9.14. The number of aliphatic imine (C=N–C) groups is 1. The highest BCUT2D eigenvalue weighted by Gasteiger charge is 2.03. The molecule has 0 saturated heterocycles. The van der Waals surface area contributed by atoms with E-state index in [1.165, 1.54) is 7.05 Å². The van der Waals surface area contributed by atoms with Crippen LogP contribution in [0.2, 0.25) is 0 Å². The van der Waals surface area contributed by atoms with E-state index in [0.29, 0.717) is 0 Å². The first kappa shape index (κ1) is 8.25. The molecule has 0 bridgehead atoms. The summed E-state index contributed by atoms with van der Waals surface area (Å²) in [5, 5.41) is 9.04. The summed E-state index contributed by atoms with van der Waals surface area (Å²) in [7, 11) is 1.45. The number of rotatable bonds is 1. The van der Waals surface area contributed by atoms with Gasteiger partial charge in [-0.2, -0.15) is 0 Å². The molecule has 1 aromatic heterocycles.